The number of amides is 1. The maximum Gasteiger partial charge on any atom is 0.273 e. The Kier molecular flexibility index (Phi) is 6.19. The van der Waals surface area contributed by atoms with Crippen LogP contribution in [0.15, 0.2) is 85.1 Å². The van der Waals surface area contributed by atoms with Crippen LogP contribution in [0.5, 0.6) is 5.75 Å². The van der Waals surface area contributed by atoms with Gasteiger partial charge in [0.25, 0.3) is 5.91 Å². The molecule has 1 amide bonds. The van der Waals surface area contributed by atoms with Crippen LogP contribution in [0.25, 0.3) is 11.3 Å². The van der Waals surface area contributed by atoms with Crippen LogP contribution >= 0.6 is 11.6 Å². The number of rotatable bonds is 7. The van der Waals surface area contributed by atoms with Crippen LogP contribution < -0.4 is 15.6 Å². The van der Waals surface area contributed by atoms with Crippen LogP contribution in [-0.2, 0) is 6.54 Å². The molecule has 0 unspecified atom stereocenters. The Hall–Kier alpha value is -3.77. The number of hydrogen-bond donors (Lipinski definition) is 2. The molecule has 0 atom stereocenters. The summed E-state index contributed by atoms with van der Waals surface area (Å²) >= 11 is 6.01. The van der Waals surface area contributed by atoms with Crippen LogP contribution in [0, 0.1) is 0 Å². The third-order valence-electron chi connectivity index (χ3n) is 4.68. The number of hydrogen-bond acceptors (Lipinski definition) is 4. The minimum absolute atomic E-state index is 0.308. The van der Waals surface area contributed by atoms with Gasteiger partial charge in [-0.1, -0.05) is 60.1 Å². The molecule has 0 fully saturated rings. The fraction of sp³-hybridized carbons (Fsp3) is 0.0833. The molecular formula is C24H21ClN4O2. The molecule has 1 aromatic heterocycles. The molecule has 0 radical (unpaired) electrons. The Labute approximate surface area is 185 Å². The predicted octanol–water partition coefficient (Wildman–Crippen LogP) is 5.02. The molecule has 0 aliphatic rings. The van der Waals surface area contributed by atoms with Crippen LogP contribution in [0.1, 0.15) is 15.9 Å². The van der Waals surface area contributed by atoms with E-state index in [9.17, 15) is 4.79 Å². The lowest BCUT2D eigenvalue weighted by molar-refractivity contribution is 0.0963. The zero-order chi connectivity index (χ0) is 21.6. The summed E-state index contributed by atoms with van der Waals surface area (Å²) in [5.74, 6) is 0.385. The van der Waals surface area contributed by atoms with Crippen LogP contribution in [0.3, 0.4) is 0 Å². The average molecular weight is 433 g/mol. The van der Waals surface area contributed by atoms with Crippen molar-refractivity contribution in [3.63, 3.8) is 0 Å². The van der Waals surface area contributed by atoms with E-state index in [-0.39, 0.29) is 5.91 Å². The molecule has 0 saturated heterocycles. The maximum atomic E-state index is 13.0. The van der Waals surface area contributed by atoms with Gasteiger partial charge >= 0.3 is 0 Å². The first-order valence-electron chi connectivity index (χ1n) is 9.70. The smallest absolute Gasteiger partial charge is 0.273 e. The van der Waals surface area contributed by atoms with E-state index in [2.05, 4.69) is 10.9 Å². The Morgan fingerprint density at radius 1 is 1.03 bits per heavy atom. The quantitative estimate of drug-likeness (QED) is 0.402. The molecule has 4 aromatic rings. The van der Waals surface area contributed by atoms with E-state index in [1.165, 1.54) is 0 Å². The monoisotopic (exact) mass is 432 g/mol. The van der Waals surface area contributed by atoms with Crippen molar-refractivity contribution in [1.29, 1.82) is 0 Å². The average Bonchev–Trinajstić information content (AvgIpc) is 3.22. The van der Waals surface area contributed by atoms with Gasteiger partial charge in [0.2, 0.25) is 0 Å². The maximum absolute atomic E-state index is 13.0. The van der Waals surface area contributed by atoms with Crippen LogP contribution in [0.2, 0.25) is 5.02 Å². The van der Waals surface area contributed by atoms with Gasteiger partial charge in [0.05, 0.1) is 24.9 Å². The van der Waals surface area contributed by atoms with E-state index in [0.717, 1.165) is 11.1 Å². The predicted molar refractivity (Wildman–Crippen MR) is 122 cm³/mol. The van der Waals surface area contributed by atoms with Gasteiger partial charge in [-0.3, -0.25) is 20.3 Å². The number of nitrogens with zero attached hydrogens (tertiary/aromatic N) is 2. The van der Waals surface area contributed by atoms with E-state index in [0.29, 0.717) is 34.3 Å². The van der Waals surface area contributed by atoms with Crippen molar-refractivity contribution < 1.29 is 9.53 Å². The lowest BCUT2D eigenvalue weighted by Crippen LogP contribution is -2.29. The Bertz CT molecular complexity index is 1190. The molecular weight excluding hydrogens is 412 g/mol. The molecule has 3 aromatic carbocycles. The van der Waals surface area contributed by atoms with Gasteiger partial charge in [-0.05, 0) is 35.9 Å². The van der Waals surface area contributed by atoms with Crippen LogP contribution in [0.4, 0.5) is 5.69 Å². The van der Waals surface area contributed by atoms with Crippen molar-refractivity contribution in [1.82, 2.24) is 15.2 Å². The second-order valence-electron chi connectivity index (χ2n) is 6.90. The number of anilines is 1. The number of ether oxygens (including phenoxy) is 1. The molecule has 156 valence electrons. The van der Waals surface area contributed by atoms with Gasteiger partial charge in [-0.25, -0.2) is 0 Å². The van der Waals surface area contributed by atoms with E-state index in [4.69, 9.17) is 21.4 Å². The molecule has 2 N–H and O–H groups in total. The number of carbonyl (C=O) groups excluding carboxylic acids is 1. The lowest BCUT2D eigenvalue weighted by atomic mass is 10.1. The van der Waals surface area contributed by atoms with Gasteiger partial charge in [-0.2, -0.15) is 5.10 Å². The topological polar surface area (TPSA) is 68.2 Å². The van der Waals surface area contributed by atoms with Gasteiger partial charge in [0.15, 0.2) is 0 Å². The first-order chi connectivity index (χ1) is 15.1. The van der Waals surface area contributed by atoms with Gasteiger partial charge in [0, 0.05) is 16.8 Å². The minimum Gasteiger partial charge on any atom is -0.497 e. The van der Waals surface area contributed by atoms with Crippen molar-refractivity contribution in [2.45, 2.75) is 6.54 Å². The zero-order valence-electron chi connectivity index (χ0n) is 16.9. The molecule has 0 aliphatic carbocycles. The highest BCUT2D eigenvalue weighted by molar-refractivity contribution is 6.30. The van der Waals surface area contributed by atoms with Crippen molar-refractivity contribution in [2.24, 2.45) is 0 Å². The molecule has 0 bridgehead atoms. The third-order valence-corrected chi connectivity index (χ3v) is 4.92. The Balaban J connectivity index is 1.64. The summed E-state index contributed by atoms with van der Waals surface area (Å²) in [6.45, 7) is 0.548. The second kappa shape index (κ2) is 9.36. The van der Waals surface area contributed by atoms with Crippen LogP contribution in [-0.4, -0.2) is 22.8 Å². The number of methoxy groups -OCH3 is 1. The van der Waals surface area contributed by atoms with Gasteiger partial charge in [0.1, 0.15) is 11.4 Å². The molecule has 1 heterocycles. The lowest BCUT2D eigenvalue weighted by Gasteiger charge is -2.09. The Morgan fingerprint density at radius 2 is 1.84 bits per heavy atom. The summed E-state index contributed by atoms with van der Waals surface area (Å²) in [5.41, 5.74) is 9.20. The van der Waals surface area contributed by atoms with E-state index < -0.39 is 0 Å². The molecule has 31 heavy (non-hydrogen) atoms. The van der Waals surface area contributed by atoms with Crippen molar-refractivity contribution in [3.05, 3.63) is 101 Å². The highest BCUT2D eigenvalue weighted by Gasteiger charge is 2.19. The first-order valence-corrected chi connectivity index (χ1v) is 10.1. The highest BCUT2D eigenvalue weighted by Crippen LogP contribution is 2.26. The largest absolute Gasteiger partial charge is 0.497 e. The number of halogens is 1. The van der Waals surface area contributed by atoms with Crippen molar-refractivity contribution >= 4 is 23.2 Å². The molecule has 7 heteroatoms. The number of nitrogens with one attached hydrogen (secondary N) is 2. The van der Waals surface area contributed by atoms with E-state index in [1.54, 1.807) is 36.2 Å². The minimum atomic E-state index is -0.308. The van der Waals surface area contributed by atoms with Crippen molar-refractivity contribution in [2.75, 3.05) is 12.5 Å². The molecule has 0 spiro atoms. The summed E-state index contributed by atoms with van der Waals surface area (Å²) in [5, 5.41) is 5.27. The van der Waals surface area contributed by atoms with Gasteiger partial charge in [-0.15, -0.1) is 0 Å². The SMILES string of the molecule is COc1cccc(-c2nn(Cc3ccccc3)cc2C(=O)NNc2cccc(Cl)c2)c1. The molecule has 4 rings (SSSR count). The summed E-state index contributed by atoms with van der Waals surface area (Å²) < 4.78 is 7.10. The summed E-state index contributed by atoms with van der Waals surface area (Å²) in [6, 6.07) is 24.6. The first kappa shape index (κ1) is 20.5. The standard InChI is InChI=1S/C24H21ClN4O2/c1-31-21-12-5-9-18(13-21)23-22(16-29(28-23)15-17-7-3-2-4-8-17)24(30)27-26-20-11-6-10-19(25)14-20/h2-14,16,26H,15H2,1H3,(H,27,30). The summed E-state index contributed by atoms with van der Waals surface area (Å²) in [7, 11) is 1.61. The third kappa shape index (κ3) is 5.05. The number of carbonyl (C=O) groups is 1. The fourth-order valence-electron chi connectivity index (χ4n) is 3.19. The summed E-state index contributed by atoms with van der Waals surface area (Å²) in [4.78, 5) is 13.0. The highest BCUT2D eigenvalue weighted by atomic mass is 35.5. The van der Waals surface area contributed by atoms with E-state index in [1.807, 2.05) is 60.7 Å². The summed E-state index contributed by atoms with van der Waals surface area (Å²) in [6.07, 6.45) is 1.75. The fourth-order valence-corrected chi connectivity index (χ4v) is 3.38. The number of aromatic nitrogens is 2. The second-order valence-corrected chi connectivity index (χ2v) is 7.33. The Morgan fingerprint density at radius 3 is 2.61 bits per heavy atom. The number of hydrazine groups is 1. The normalized spacial score (nSPS) is 10.5. The van der Waals surface area contributed by atoms with E-state index >= 15 is 0 Å². The molecule has 0 saturated carbocycles. The number of benzene rings is 3. The van der Waals surface area contributed by atoms with Crippen molar-refractivity contribution in [3.8, 4) is 17.0 Å². The molecule has 6 nitrogen and oxygen atoms in total. The zero-order valence-corrected chi connectivity index (χ0v) is 17.6. The van der Waals surface area contributed by atoms with Gasteiger partial charge < -0.3 is 4.74 Å². The molecule has 0 aliphatic heterocycles.